The first-order chi connectivity index (χ1) is 7.55. The van der Waals surface area contributed by atoms with Crippen molar-refractivity contribution >= 4 is 11.6 Å². The van der Waals surface area contributed by atoms with E-state index in [1.165, 1.54) is 24.0 Å². The van der Waals surface area contributed by atoms with Crippen molar-refractivity contribution in [3.8, 4) is 0 Å². The van der Waals surface area contributed by atoms with E-state index in [2.05, 4.69) is 44.4 Å². The normalized spacial score (nSPS) is 19.5. The molecule has 1 aromatic carbocycles. The van der Waals surface area contributed by atoms with E-state index in [4.69, 9.17) is 11.6 Å². The molecule has 2 rings (SSSR count). The molecule has 0 saturated heterocycles. The van der Waals surface area contributed by atoms with Gasteiger partial charge in [0.25, 0.3) is 0 Å². The van der Waals surface area contributed by atoms with Crippen LogP contribution in [-0.2, 0) is 6.42 Å². The zero-order chi connectivity index (χ0) is 11.8. The van der Waals surface area contributed by atoms with Crippen LogP contribution in [0.2, 0.25) is 5.02 Å². The molecule has 0 bridgehead atoms. The van der Waals surface area contributed by atoms with Crippen molar-refractivity contribution < 1.29 is 0 Å². The summed E-state index contributed by atoms with van der Waals surface area (Å²) in [6.07, 6.45) is 3.70. The van der Waals surface area contributed by atoms with Gasteiger partial charge >= 0.3 is 0 Å². The molecule has 0 amide bonds. The maximum atomic E-state index is 6.27. The van der Waals surface area contributed by atoms with E-state index >= 15 is 0 Å². The van der Waals surface area contributed by atoms with Gasteiger partial charge in [-0.2, -0.15) is 0 Å². The first-order valence-electron chi connectivity index (χ1n) is 5.97. The Kier molecular flexibility index (Phi) is 3.27. The van der Waals surface area contributed by atoms with E-state index in [1.54, 1.807) is 0 Å². The highest BCUT2D eigenvalue weighted by Gasteiger charge is 2.43. The lowest BCUT2D eigenvalue weighted by Crippen LogP contribution is -2.35. The predicted octanol–water partition coefficient (Wildman–Crippen LogP) is 3.58. The third-order valence-corrected chi connectivity index (χ3v) is 4.21. The second-order valence-corrected chi connectivity index (χ2v) is 5.70. The van der Waals surface area contributed by atoms with Crippen molar-refractivity contribution in [2.24, 2.45) is 5.41 Å². The van der Waals surface area contributed by atoms with E-state index in [9.17, 15) is 0 Å². The van der Waals surface area contributed by atoms with Crippen molar-refractivity contribution in [1.29, 1.82) is 0 Å². The molecule has 2 heteroatoms. The van der Waals surface area contributed by atoms with E-state index < -0.39 is 0 Å². The van der Waals surface area contributed by atoms with E-state index in [1.807, 2.05) is 0 Å². The molecule has 0 spiro atoms. The number of halogens is 1. The van der Waals surface area contributed by atoms with Gasteiger partial charge in [0.2, 0.25) is 0 Å². The summed E-state index contributed by atoms with van der Waals surface area (Å²) in [5.41, 5.74) is 2.98. The monoisotopic (exact) mass is 237 g/mol. The van der Waals surface area contributed by atoms with Crippen LogP contribution in [0.1, 0.15) is 30.9 Å². The van der Waals surface area contributed by atoms with Crippen LogP contribution in [-0.4, -0.2) is 13.1 Å². The SMILES string of the molecule is CNC(Cc1ccc(C)cc1Cl)C1(C)CC1. The average molecular weight is 238 g/mol. The van der Waals surface area contributed by atoms with Crippen LogP contribution >= 0.6 is 11.6 Å². The fraction of sp³-hybridized carbons (Fsp3) is 0.571. The molecule has 1 nitrogen and oxygen atoms in total. The third kappa shape index (κ3) is 2.41. The zero-order valence-corrected chi connectivity index (χ0v) is 11.1. The number of nitrogens with one attached hydrogen (secondary N) is 1. The summed E-state index contributed by atoms with van der Waals surface area (Å²) in [7, 11) is 2.05. The number of hydrogen-bond donors (Lipinski definition) is 1. The first kappa shape index (κ1) is 11.9. The minimum Gasteiger partial charge on any atom is -0.316 e. The summed E-state index contributed by atoms with van der Waals surface area (Å²) in [5, 5.41) is 4.34. The lowest BCUT2D eigenvalue weighted by molar-refractivity contribution is 0.376. The van der Waals surface area contributed by atoms with Gasteiger partial charge in [0.05, 0.1) is 0 Å². The van der Waals surface area contributed by atoms with Gasteiger partial charge in [0.15, 0.2) is 0 Å². The van der Waals surface area contributed by atoms with Crippen LogP contribution in [0.4, 0.5) is 0 Å². The molecule has 1 aromatic rings. The molecule has 1 unspecified atom stereocenters. The highest BCUT2D eigenvalue weighted by Crippen LogP contribution is 2.49. The minimum absolute atomic E-state index is 0.489. The molecule has 1 saturated carbocycles. The van der Waals surface area contributed by atoms with Gasteiger partial charge in [-0.25, -0.2) is 0 Å². The van der Waals surface area contributed by atoms with Crippen molar-refractivity contribution in [1.82, 2.24) is 5.32 Å². The first-order valence-corrected chi connectivity index (χ1v) is 6.35. The number of benzene rings is 1. The molecule has 88 valence electrons. The Bertz CT molecular complexity index is 382. The van der Waals surface area contributed by atoms with E-state index in [-0.39, 0.29) is 0 Å². The summed E-state index contributed by atoms with van der Waals surface area (Å²) >= 11 is 6.27. The van der Waals surface area contributed by atoms with Crippen LogP contribution in [0.5, 0.6) is 0 Å². The highest BCUT2D eigenvalue weighted by atomic mass is 35.5. The molecule has 16 heavy (non-hydrogen) atoms. The number of aryl methyl sites for hydroxylation is 1. The Balaban J connectivity index is 2.13. The molecule has 0 aliphatic heterocycles. The summed E-state index contributed by atoms with van der Waals surface area (Å²) in [6.45, 7) is 4.43. The van der Waals surface area contributed by atoms with Gasteiger partial charge in [-0.3, -0.25) is 0 Å². The van der Waals surface area contributed by atoms with Crippen molar-refractivity contribution in [2.75, 3.05) is 7.05 Å². The number of rotatable bonds is 4. The van der Waals surface area contributed by atoms with E-state index in [0.717, 1.165) is 11.4 Å². The van der Waals surface area contributed by atoms with Gasteiger partial charge in [-0.05, 0) is 55.8 Å². The van der Waals surface area contributed by atoms with Crippen LogP contribution in [0.15, 0.2) is 18.2 Å². The summed E-state index contributed by atoms with van der Waals surface area (Å²) in [5.74, 6) is 0. The van der Waals surface area contributed by atoms with Gasteiger partial charge in [0, 0.05) is 11.1 Å². The molecule has 1 aliphatic carbocycles. The largest absolute Gasteiger partial charge is 0.316 e. The fourth-order valence-electron chi connectivity index (χ4n) is 2.28. The second kappa shape index (κ2) is 4.38. The Morgan fingerprint density at radius 3 is 2.62 bits per heavy atom. The maximum Gasteiger partial charge on any atom is 0.0441 e. The van der Waals surface area contributed by atoms with Crippen LogP contribution < -0.4 is 5.32 Å². The Morgan fingerprint density at radius 2 is 2.12 bits per heavy atom. The van der Waals surface area contributed by atoms with Crippen LogP contribution in [0.25, 0.3) is 0 Å². The minimum atomic E-state index is 0.489. The van der Waals surface area contributed by atoms with Crippen molar-refractivity contribution in [3.05, 3.63) is 34.3 Å². The summed E-state index contributed by atoms with van der Waals surface area (Å²) < 4.78 is 0. The fourth-order valence-corrected chi connectivity index (χ4v) is 2.59. The quantitative estimate of drug-likeness (QED) is 0.844. The molecular formula is C14H20ClN. The smallest absolute Gasteiger partial charge is 0.0441 e. The van der Waals surface area contributed by atoms with Crippen LogP contribution in [0, 0.1) is 12.3 Å². The standard InChI is InChI=1S/C14H20ClN/c1-10-4-5-11(12(15)8-10)9-13(16-3)14(2)6-7-14/h4-5,8,13,16H,6-7,9H2,1-3H3. The number of hydrogen-bond acceptors (Lipinski definition) is 1. The van der Waals surface area contributed by atoms with E-state index in [0.29, 0.717) is 11.5 Å². The van der Waals surface area contributed by atoms with Gasteiger partial charge < -0.3 is 5.32 Å². The van der Waals surface area contributed by atoms with Crippen LogP contribution in [0.3, 0.4) is 0 Å². The molecular weight excluding hydrogens is 218 g/mol. The molecule has 1 N–H and O–H groups in total. The summed E-state index contributed by atoms with van der Waals surface area (Å²) in [4.78, 5) is 0. The Hall–Kier alpha value is -0.530. The Morgan fingerprint density at radius 1 is 1.44 bits per heavy atom. The van der Waals surface area contributed by atoms with Crippen molar-refractivity contribution in [2.45, 2.75) is 39.2 Å². The molecule has 1 aliphatic rings. The second-order valence-electron chi connectivity index (χ2n) is 5.29. The highest BCUT2D eigenvalue weighted by molar-refractivity contribution is 6.31. The average Bonchev–Trinajstić information content (AvgIpc) is 2.96. The lowest BCUT2D eigenvalue weighted by Gasteiger charge is -2.23. The lowest BCUT2D eigenvalue weighted by atomic mass is 9.92. The van der Waals surface area contributed by atoms with Crippen molar-refractivity contribution in [3.63, 3.8) is 0 Å². The molecule has 1 fully saturated rings. The maximum absolute atomic E-state index is 6.27. The Labute approximate surface area is 103 Å². The number of likely N-dealkylation sites (N-methyl/N-ethyl adjacent to an activating group) is 1. The molecule has 0 radical (unpaired) electrons. The summed E-state index contributed by atoms with van der Waals surface area (Å²) in [6, 6.07) is 6.91. The van der Waals surface area contributed by atoms with Gasteiger partial charge in [-0.1, -0.05) is 30.7 Å². The zero-order valence-electron chi connectivity index (χ0n) is 10.3. The molecule has 0 heterocycles. The topological polar surface area (TPSA) is 12.0 Å². The molecule has 0 aromatic heterocycles. The predicted molar refractivity (Wildman–Crippen MR) is 70.1 cm³/mol. The van der Waals surface area contributed by atoms with Gasteiger partial charge in [-0.15, -0.1) is 0 Å². The van der Waals surface area contributed by atoms with Gasteiger partial charge in [0.1, 0.15) is 0 Å². The third-order valence-electron chi connectivity index (χ3n) is 3.86. The molecule has 1 atom stereocenters.